The summed E-state index contributed by atoms with van der Waals surface area (Å²) in [6.45, 7) is 3.55. The molecule has 0 aliphatic heterocycles. The SMILES string of the molecule is CC(C)N(C(=O)c1ccc(OC(F)(F)CC(F)(F)F)cc1)c1ccc2[nH]c(=S)sc2n1. The average molecular weight is 477 g/mol. The van der Waals surface area contributed by atoms with Crippen molar-refractivity contribution in [3.63, 3.8) is 0 Å². The number of alkyl halides is 5. The van der Waals surface area contributed by atoms with Gasteiger partial charge in [0.1, 0.15) is 22.8 Å². The Balaban J connectivity index is 1.83. The number of thiazole rings is 1. The van der Waals surface area contributed by atoms with Crippen LogP contribution in [0.1, 0.15) is 30.6 Å². The number of aromatic nitrogens is 2. The van der Waals surface area contributed by atoms with E-state index in [2.05, 4.69) is 14.7 Å². The fraction of sp³-hybridized carbons (Fsp3) is 0.316. The fourth-order valence-corrected chi connectivity index (χ4v) is 3.86. The van der Waals surface area contributed by atoms with Crippen LogP contribution in [0, 0.1) is 3.95 Å². The molecule has 0 saturated heterocycles. The number of carbonyl (C=O) groups is 1. The van der Waals surface area contributed by atoms with Crippen molar-refractivity contribution in [3.05, 3.63) is 45.9 Å². The van der Waals surface area contributed by atoms with Crippen molar-refractivity contribution >= 4 is 45.6 Å². The molecule has 1 amide bonds. The zero-order valence-corrected chi connectivity index (χ0v) is 17.8. The third-order valence-corrected chi connectivity index (χ3v) is 5.17. The molecule has 0 bridgehead atoms. The number of aromatic amines is 1. The minimum Gasteiger partial charge on any atom is -0.432 e. The Morgan fingerprint density at radius 3 is 2.39 bits per heavy atom. The number of nitrogens with zero attached hydrogens (tertiary/aromatic N) is 2. The number of nitrogens with one attached hydrogen (secondary N) is 1. The summed E-state index contributed by atoms with van der Waals surface area (Å²) >= 11 is 6.35. The minimum absolute atomic E-state index is 0.129. The van der Waals surface area contributed by atoms with Gasteiger partial charge in [-0.3, -0.25) is 9.69 Å². The zero-order valence-electron chi connectivity index (χ0n) is 16.2. The summed E-state index contributed by atoms with van der Waals surface area (Å²) in [7, 11) is 0. The Labute approximate surface area is 182 Å². The van der Waals surface area contributed by atoms with Gasteiger partial charge in [-0.05, 0) is 62.5 Å². The van der Waals surface area contributed by atoms with Gasteiger partial charge in [-0.1, -0.05) is 11.3 Å². The molecule has 0 spiro atoms. The van der Waals surface area contributed by atoms with Crippen LogP contribution in [0.25, 0.3) is 10.3 Å². The molecule has 0 aliphatic carbocycles. The Morgan fingerprint density at radius 2 is 1.81 bits per heavy atom. The lowest BCUT2D eigenvalue weighted by molar-refractivity contribution is -0.255. The Hall–Kier alpha value is -2.60. The second-order valence-electron chi connectivity index (χ2n) is 6.86. The van der Waals surface area contributed by atoms with Gasteiger partial charge in [0.15, 0.2) is 3.95 Å². The first-order valence-corrected chi connectivity index (χ1v) is 10.1. The highest BCUT2D eigenvalue weighted by atomic mass is 32.1. The monoisotopic (exact) mass is 477 g/mol. The van der Waals surface area contributed by atoms with Crippen molar-refractivity contribution in [1.29, 1.82) is 0 Å². The van der Waals surface area contributed by atoms with Gasteiger partial charge >= 0.3 is 12.3 Å². The molecule has 2 aromatic heterocycles. The van der Waals surface area contributed by atoms with Crippen molar-refractivity contribution in [2.24, 2.45) is 0 Å². The summed E-state index contributed by atoms with van der Waals surface area (Å²) in [5, 5.41) is 0. The molecule has 31 heavy (non-hydrogen) atoms. The molecule has 5 nitrogen and oxygen atoms in total. The fourth-order valence-electron chi connectivity index (χ4n) is 2.81. The third-order valence-electron chi connectivity index (χ3n) is 4.03. The Morgan fingerprint density at radius 1 is 1.16 bits per heavy atom. The average Bonchev–Trinajstić information content (AvgIpc) is 2.99. The number of benzene rings is 1. The molecule has 1 aromatic carbocycles. The van der Waals surface area contributed by atoms with Crippen molar-refractivity contribution < 1.29 is 31.5 Å². The normalized spacial score (nSPS) is 12.4. The maximum absolute atomic E-state index is 13.4. The van der Waals surface area contributed by atoms with Gasteiger partial charge in [-0.2, -0.15) is 22.0 Å². The van der Waals surface area contributed by atoms with E-state index >= 15 is 0 Å². The number of ether oxygens (including phenoxy) is 1. The summed E-state index contributed by atoms with van der Waals surface area (Å²) in [5.74, 6) is -0.585. The minimum atomic E-state index is -5.09. The highest BCUT2D eigenvalue weighted by molar-refractivity contribution is 7.73. The van der Waals surface area contributed by atoms with E-state index in [1.165, 1.54) is 28.4 Å². The van der Waals surface area contributed by atoms with Crippen molar-refractivity contribution in [1.82, 2.24) is 9.97 Å². The van der Waals surface area contributed by atoms with Crippen LogP contribution in [0.15, 0.2) is 36.4 Å². The Bertz CT molecular complexity index is 1140. The van der Waals surface area contributed by atoms with Crippen LogP contribution in [0.2, 0.25) is 0 Å². The number of H-pyrrole nitrogens is 1. The predicted molar refractivity (Wildman–Crippen MR) is 109 cm³/mol. The molecule has 3 rings (SSSR count). The molecule has 0 fully saturated rings. The maximum Gasteiger partial charge on any atom is 0.406 e. The molecular formula is C19H16F5N3O2S2. The second kappa shape index (κ2) is 8.50. The highest BCUT2D eigenvalue weighted by Crippen LogP contribution is 2.33. The second-order valence-corrected chi connectivity index (χ2v) is 8.53. The van der Waals surface area contributed by atoms with Gasteiger partial charge in [0.2, 0.25) is 0 Å². The summed E-state index contributed by atoms with van der Waals surface area (Å²) in [5.41, 5.74) is 0.861. The van der Waals surface area contributed by atoms with E-state index in [0.29, 0.717) is 14.6 Å². The van der Waals surface area contributed by atoms with Gasteiger partial charge in [-0.25, -0.2) is 4.98 Å². The highest BCUT2D eigenvalue weighted by Gasteiger charge is 2.45. The van der Waals surface area contributed by atoms with Crippen molar-refractivity contribution in [2.45, 2.75) is 38.6 Å². The summed E-state index contributed by atoms with van der Waals surface area (Å²) < 4.78 is 68.2. The topological polar surface area (TPSA) is 58.2 Å². The largest absolute Gasteiger partial charge is 0.432 e. The summed E-state index contributed by atoms with van der Waals surface area (Å²) in [6, 6.07) is 7.54. The smallest absolute Gasteiger partial charge is 0.406 e. The van der Waals surface area contributed by atoms with E-state index in [4.69, 9.17) is 12.2 Å². The number of amides is 1. The van der Waals surface area contributed by atoms with Crippen LogP contribution >= 0.6 is 23.6 Å². The van der Waals surface area contributed by atoms with E-state index in [1.807, 2.05) is 0 Å². The van der Waals surface area contributed by atoms with Crippen LogP contribution < -0.4 is 9.64 Å². The van der Waals surface area contributed by atoms with E-state index in [-0.39, 0.29) is 11.6 Å². The lowest BCUT2D eigenvalue weighted by atomic mass is 10.1. The number of carbonyl (C=O) groups excluding carboxylic acids is 1. The van der Waals surface area contributed by atoms with Crippen molar-refractivity contribution in [2.75, 3.05) is 4.90 Å². The quantitative estimate of drug-likeness (QED) is 0.333. The molecule has 0 atom stereocenters. The standard InChI is InChI=1S/C19H16F5N3O2S2/c1-10(2)27(14-8-7-13-15(26-14)31-17(30)25-13)16(28)11-3-5-12(6-4-11)29-19(23,24)9-18(20,21)22/h3-8,10H,9H2,1-2H3,(H,25,30). The Kier molecular flexibility index (Phi) is 6.33. The van der Waals surface area contributed by atoms with Gasteiger partial charge < -0.3 is 9.72 Å². The first-order valence-electron chi connectivity index (χ1n) is 8.92. The number of hydrogen-bond acceptors (Lipinski definition) is 5. The van der Waals surface area contributed by atoms with E-state index in [9.17, 15) is 26.7 Å². The number of halogens is 5. The van der Waals surface area contributed by atoms with Crippen LogP contribution in [-0.4, -0.2) is 34.2 Å². The number of hydrogen-bond donors (Lipinski definition) is 1. The molecular weight excluding hydrogens is 461 g/mol. The van der Waals surface area contributed by atoms with Gasteiger partial charge in [0.25, 0.3) is 5.91 Å². The van der Waals surface area contributed by atoms with E-state index in [1.54, 1.807) is 26.0 Å². The molecule has 0 unspecified atom stereocenters. The van der Waals surface area contributed by atoms with Crippen molar-refractivity contribution in [3.8, 4) is 5.75 Å². The van der Waals surface area contributed by atoms with Crippen LogP contribution in [0.3, 0.4) is 0 Å². The van der Waals surface area contributed by atoms with E-state index in [0.717, 1.165) is 17.6 Å². The molecule has 0 radical (unpaired) electrons. The molecule has 3 aromatic rings. The van der Waals surface area contributed by atoms with Gasteiger partial charge in [0.05, 0.1) is 5.52 Å². The predicted octanol–water partition coefficient (Wildman–Crippen LogP) is 6.33. The van der Waals surface area contributed by atoms with Crippen LogP contribution in [0.5, 0.6) is 5.75 Å². The number of fused-ring (bicyclic) bond motifs is 1. The molecule has 1 N–H and O–H groups in total. The lowest BCUT2D eigenvalue weighted by Gasteiger charge is -2.26. The number of anilines is 1. The number of pyridine rings is 1. The summed E-state index contributed by atoms with van der Waals surface area (Å²) in [4.78, 5) is 22.5. The summed E-state index contributed by atoms with van der Waals surface area (Å²) in [6.07, 6.45) is -11.9. The first-order chi connectivity index (χ1) is 14.3. The first kappa shape index (κ1) is 23.1. The van der Waals surface area contributed by atoms with E-state index < -0.39 is 30.4 Å². The lowest BCUT2D eigenvalue weighted by Crippen LogP contribution is -2.37. The molecule has 166 valence electrons. The van der Waals surface area contributed by atoms with Crippen LogP contribution in [0.4, 0.5) is 27.8 Å². The van der Waals surface area contributed by atoms with Crippen LogP contribution in [-0.2, 0) is 0 Å². The maximum atomic E-state index is 13.4. The third kappa shape index (κ3) is 5.76. The number of rotatable bonds is 6. The molecule has 0 aliphatic rings. The molecule has 2 heterocycles. The molecule has 12 heteroatoms. The molecule has 0 saturated carbocycles. The zero-order chi connectivity index (χ0) is 23.0. The van der Waals surface area contributed by atoms with Gasteiger partial charge in [-0.15, -0.1) is 0 Å². The van der Waals surface area contributed by atoms with Gasteiger partial charge in [0, 0.05) is 11.6 Å².